The molecule has 2 aromatic rings. The van der Waals surface area contributed by atoms with E-state index >= 15 is 0 Å². The van der Waals surface area contributed by atoms with Gasteiger partial charge < -0.3 is 15.6 Å². The largest absolute Gasteiger partial charge is 0.397 e. The van der Waals surface area contributed by atoms with E-state index in [0.717, 1.165) is 18.7 Å². The molecule has 21 heavy (non-hydrogen) atoms. The van der Waals surface area contributed by atoms with E-state index in [1.807, 2.05) is 0 Å². The molecule has 0 aliphatic rings. The fourth-order valence-electron chi connectivity index (χ4n) is 1.99. The SMILES string of the molecule is CCCc1nccn1CC(=O)Nc1c(N)cc(Cl)cc1Cl. The molecule has 1 aromatic heterocycles. The normalized spacial score (nSPS) is 10.6. The van der Waals surface area contributed by atoms with Crippen LogP contribution in [0, 0.1) is 0 Å². The third kappa shape index (κ3) is 3.89. The number of carbonyl (C=O) groups is 1. The minimum absolute atomic E-state index is 0.160. The molecular weight excluding hydrogens is 311 g/mol. The van der Waals surface area contributed by atoms with Gasteiger partial charge in [-0.25, -0.2) is 4.98 Å². The van der Waals surface area contributed by atoms with E-state index < -0.39 is 0 Å². The van der Waals surface area contributed by atoms with E-state index in [1.165, 1.54) is 6.07 Å². The molecule has 7 heteroatoms. The number of rotatable bonds is 5. The molecule has 0 unspecified atom stereocenters. The topological polar surface area (TPSA) is 72.9 Å². The van der Waals surface area contributed by atoms with E-state index in [1.54, 1.807) is 23.0 Å². The van der Waals surface area contributed by atoms with Crippen LogP contribution >= 0.6 is 23.2 Å². The van der Waals surface area contributed by atoms with Crippen LogP contribution in [0.4, 0.5) is 11.4 Å². The number of benzene rings is 1. The van der Waals surface area contributed by atoms with Crippen molar-refractivity contribution in [1.29, 1.82) is 0 Å². The van der Waals surface area contributed by atoms with Gasteiger partial charge in [0.25, 0.3) is 0 Å². The molecule has 0 spiro atoms. The molecule has 112 valence electrons. The molecule has 2 rings (SSSR count). The molecule has 0 aliphatic heterocycles. The Balaban J connectivity index is 2.10. The molecule has 0 saturated heterocycles. The minimum atomic E-state index is -0.221. The number of halogens is 2. The molecule has 0 atom stereocenters. The number of nitrogens with one attached hydrogen (secondary N) is 1. The molecule has 1 heterocycles. The predicted molar refractivity (Wildman–Crippen MR) is 85.7 cm³/mol. The zero-order valence-corrected chi connectivity index (χ0v) is 13.1. The van der Waals surface area contributed by atoms with Gasteiger partial charge in [-0.15, -0.1) is 0 Å². The second-order valence-corrected chi connectivity index (χ2v) is 5.47. The van der Waals surface area contributed by atoms with Gasteiger partial charge >= 0.3 is 0 Å². The third-order valence-corrected chi connectivity index (χ3v) is 3.46. The van der Waals surface area contributed by atoms with Crippen molar-refractivity contribution in [2.24, 2.45) is 0 Å². The van der Waals surface area contributed by atoms with Gasteiger partial charge in [-0.1, -0.05) is 30.1 Å². The average molecular weight is 327 g/mol. The summed E-state index contributed by atoms with van der Waals surface area (Å²) in [6.07, 6.45) is 5.25. The van der Waals surface area contributed by atoms with Crippen LogP contribution in [0.1, 0.15) is 19.2 Å². The van der Waals surface area contributed by atoms with Crippen LogP contribution in [0.3, 0.4) is 0 Å². The van der Waals surface area contributed by atoms with Crippen LogP contribution in [0.15, 0.2) is 24.5 Å². The zero-order chi connectivity index (χ0) is 15.4. The lowest BCUT2D eigenvalue weighted by molar-refractivity contribution is -0.116. The average Bonchev–Trinajstić information content (AvgIpc) is 2.82. The molecule has 3 N–H and O–H groups in total. The Bertz CT molecular complexity index is 631. The van der Waals surface area contributed by atoms with Crippen molar-refractivity contribution in [3.05, 3.63) is 40.4 Å². The summed E-state index contributed by atoms with van der Waals surface area (Å²) in [6, 6.07) is 3.08. The maximum absolute atomic E-state index is 12.1. The van der Waals surface area contributed by atoms with Gasteiger partial charge in [-0.2, -0.15) is 0 Å². The molecular formula is C14H16Cl2N4O. The van der Waals surface area contributed by atoms with Crippen molar-refractivity contribution >= 4 is 40.5 Å². The fraction of sp³-hybridized carbons (Fsp3) is 0.286. The van der Waals surface area contributed by atoms with Crippen molar-refractivity contribution in [3.63, 3.8) is 0 Å². The van der Waals surface area contributed by atoms with Crippen LogP contribution in [0.5, 0.6) is 0 Å². The van der Waals surface area contributed by atoms with Gasteiger partial charge in [0.2, 0.25) is 5.91 Å². The first-order valence-electron chi connectivity index (χ1n) is 6.55. The quantitative estimate of drug-likeness (QED) is 0.827. The van der Waals surface area contributed by atoms with Crippen molar-refractivity contribution in [3.8, 4) is 0 Å². The van der Waals surface area contributed by atoms with Gasteiger partial charge in [-0.05, 0) is 18.6 Å². The molecule has 0 fully saturated rings. The van der Waals surface area contributed by atoms with Crippen LogP contribution in [0.25, 0.3) is 0 Å². The van der Waals surface area contributed by atoms with E-state index in [9.17, 15) is 4.79 Å². The summed E-state index contributed by atoms with van der Waals surface area (Å²) in [5, 5.41) is 3.45. The number of nitrogen functional groups attached to an aromatic ring is 1. The molecule has 5 nitrogen and oxygen atoms in total. The Labute approximate surface area is 133 Å². The number of amides is 1. The second-order valence-electron chi connectivity index (χ2n) is 4.62. The summed E-state index contributed by atoms with van der Waals surface area (Å²) >= 11 is 11.9. The molecule has 0 radical (unpaired) electrons. The van der Waals surface area contributed by atoms with E-state index in [-0.39, 0.29) is 12.5 Å². The lowest BCUT2D eigenvalue weighted by Gasteiger charge is -2.12. The Kier molecular flexibility index (Phi) is 5.09. The first-order valence-corrected chi connectivity index (χ1v) is 7.31. The van der Waals surface area contributed by atoms with Gasteiger partial charge in [0, 0.05) is 23.8 Å². The first-order chi connectivity index (χ1) is 10.0. The van der Waals surface area contributed by atoms with Gasteiger partial charge in [0.1, 0.15) is 12.4 Å². The lowest BCUT2D eigenvalue weighted by atomic mass is 10.2. The third-order valence-electron chi connectivity index (χ3n) is 2.94. The van der Waals surface area contributed by atoms with Crippen molar-refractivity contribution in [2.45, 2.75) is 26.3 Å². The van der Waals surface area contributed by atoms with E-state index in [2.05, 4.69) is 17.2 Å². The predicted octanol–water partition coefficient (Wildman–Crippen LogP) is 3.36. The van der Waals surface area contributed by atoms with E-state index in [4.69, 9.17) is 28.9 Å². The number of hydrogen-bond acceptors (Lipinski definition) is 3. The Morgan fingerprint density at radius 3 is 2.86 bits per heavy atom. The number of carbonyl (C=O) groups excluding carboxylic acids is 1. The van der Waals surface area contributed by atoms with Crippen molar-refractivity contribution in [2.75, 3.05) is 11.1 Å². The number of nitrogens with two attached hydrogens (primary N) is 1. The molecule has 0 aliphatic carbocycles. The number of hydrogen-bond donors (Lipinski definition) is 2. The van der Waals surface area contributed by atoms with Crippen molar-refractivity contribution in [1.82, 2.24) is 9.55 Å². The summed E-state index contributed by atoms with van der Waals surface area (Å²) in [4.78, 5) is 16.3. The maximum Gasteiger partial charge on any atom is 0.244 e. The van der Waals surface area contributed by atoms with Gasteiger partial charge in [0.05, 0.1) is 16.4 Å². The van der Waals surface area contributed by atoms with Crippen LogP contribution in [-0.2, 0) is 17.8 Å². The standard InChI is InChI=1S/C14H16Cl2N4O/c1-2-3-12-18-4-5-20(12)8-13(21)19-14-10(16)6-9(15)7-11(14)17/h4-7H,2-3,8,17H2,1H3,(H,19,21). The van der Waals surface area contributed by atoms with Gasteiger partial charge in [0.15, 0.2) is 0 Å². The summed E-state index contributed by atoms with van der Waals surface area (Å²) in [6.45, 7) is 2.22. The number of aryl methyl sites for hydroxylation is 1. The summed E-state index contributed by atoms with van der Waals surface area (Å²) in [7, 11) is 0. The lowest BCUT2D eigenvalue weighted by Crippen LogP contribution is -2.20. The van der Waals surface area contributed by atoms with Crippen LogP contribution in [-0.4, -0.2) is 15.5 Å². The van der Waals surface area contributed by atoms with Crippen LogP contribution < -0.4 is 11.1 Å². The number of anilines is 2. The highest BCUT2D eigenvalue weighted by Crippen LogP contribution is 2.31. The monoisotopic (exact) mass is 326 g/mol. The minimum Gasteiger partial charge on any atom is -0.397 e. The Morgan fingerprint density at radius 2 is 2.19 bits per heavy atom. The Morgan fingerprint density at radius 1 is 1.43 bits per heavy atom. The number of nitrogens with zero attached hydrogens (tertiary/aromatic N) is 2. The number of aromatic nitrogens is 2. The summed E-state index contributed by atoms with van der Waals surface area (Å²) in [5.74, 6) is 0.657. The first kappa shape index (κ1) is 15.7. The summed E-state index contributed by atoms with van der Waals surface area (Å²) < 4.78 is 1.80. The fourth-order valence-corrected chi connectivity index (χ4v) is 2.55. The highest BCUT2D eigenvalue weighted by Gasteiger charge is 2.12. The number of imidazole rings is 1. The van der Waals surface area contributed by atoms with Gasteiger partial charge in [-0.3, -0.25) is 4.79 Å². The Hall–Kier alpha value is -1.72. The zero-order valence-electron chi connectivity index (χ0n) is 11.6. The smallest absolute Gasteiger partial charge is 0.244 e. The van der Waals surface area contributed by atoms with Crippen molar-refractivity contribution < 1.29 is 4.79 Å². The molecule has 0 saturated carbocycles. The summed E-state index contributed by atoms with van der Waals surface area (Å²) in [5.41, 5.74) is 6.53. The maximum atomic E-state index is 12.1. The molecule has 0 bridgehead atoms. The highest BCUT2D eigenvalue weighted by molar-refractivity contribution is 6.37. The molecule has 1 amide bonds. The highest BCUT2D eigenvalue weighted by atomic mass is 35.5. The molecule has 1 aromatic carbocycles. The van der Waals surface area contributed by atoms with E-state index in [0.29, 0.717) is 21.4 Å². The second kappa shape index (κ2) is 6.83. The van der Waals surface area contributed by atoms with Crippen LogP contribution in [0.2, 0.25) is 10.0 Å².